The van der Waals surface area contributed by atoms with Crippen molar-refractivity contribution in [3.8, 4) is 0 Å². The van der Waals surface area contributed by atoms with Crippen molar-refractivity contribution in [2.24, 2.45) is 11.8 Å². The number of nitrogens with zero attached hydrogens (tertiary/aromatic N) is 1. The summed E-state index contributed by atoms with van der Waals surface area (Å²) >= 11 is 3.39. The zero-order chi connectivity index (χ0) is 15.3. The van der Waals surface area contributed by atoms with Crippen LogP contribution >= 0.6 is 15.9 Å². The number of halogens is 1. The first kappa shape index (κ1) is 14.8. The quantitative estimate of drug-likeness (QED) is 0.886. The van der Waals surface area contributed by atoms with E-state index in [1.54, 1.807) is 6.20 Å². The van der Waals surface area contributed by atoms with Crippen molar-refractivity contribution in [1.82, 2.24) is 10.3 Å². The number of hydrogen-bond donors (Lipinski definition) is 1. The van der Waals surface area contributed by atoms with Crippen LogP contribution in [0.25, 0.3) is 0 Å². The van der Waals surface area contributed by atoms with Crippen molar-refractivity contribution < 1.29 is 14.3 Å². The fraction of sp³-hybridized carbons (Fsp3) is 0.600. The third-order valence-corrected chi connectivity index (χ3v) is 4.47. The number of amides is 1. The summed E-state index contributed by atoms with van der Waals surface area (Å²) in [5.74, 6) is 0.553. The van der Waals surface area contributed by atoms with Gasteiger partial charge >= 0.3 is 6.09 Å². The Hall–Kier alpha value is -1.14. The maximum atomic E-state index is 12.2. The smallest absolute Gasteiger partial charge is 0.408 e. The molecule has 1 aromatic rings. The number of ether oxygens (including phenoxy) is 2. The molecule has 0 spiro atoms. The van der Waals surface area contributed by atoms with E-state index >= 15 is 0 Å². The molecule has 1 saturated heterocycles. The SMILES string of the molecule is CC(C)(C)OC(=O)N[C@]1(c2ccc(Br)cn2)[C@@H]2COC[C@@H]21. The number of rotatable bonds is 2. The van der Waals surface area contributed by atoms with Crippen LogP contribution in [0.15, 0.2) is 22.8 Å². The number of carbonyl (C=O) groups is 1. The van der Waals surface area contributed by atoms with Gasteiger partial charge in [-0.05, 0) is 48.8 Å². The predicted octanol–water partition coefficient (Wildman–Crippen LogP) is 2.84. The monoisotopic (exact) mass is 354 g/mol. The molecule has 1 aromatic heterocycles. The molecule has 1 aliphatic carbocycles. The molecule has 1 aliphatic heterocycles. The van der Waals surface area contributed by atoms with E-state index in [0.717, 1.165) is 10.2 Å². The van der Waals surface area contributed by atoms with E-state index < -0.39 is 17.2 Å². The summed E-state index contributed by atoms with van der Waals surface area (Å²) in [7, 11) is 0. The molecule has 0 aromatic carbocycles. The average molecular weight is 355 g/mol. The average Bonchev–Trinajstić information content (AvgIpc) is 2.76. The fourth-order valence-corrected chi connectivity index (χ4v) is 3.31. The highest BCUT2D eigenvalue weighted by atomic mass is 79.9. The lowest BCUT2D eigenvalue weighted by atomic mass is 10.1. The van der Waals surface area contributed by atoms with Crippen molar-refractivity contribution in [1.29, 1.82) is 0 Å². The molecule has 0 bridgehead atoms. The highest BCUT2D eigenvalue weighted by Crippen LogP contribution is 2.60. The highest BCUT2D eigenvalue weighted by Gasteiger charge is 2.70. The van der Waals surface area contributed by atoms with Crippen LogP contribution < -0.4 is 5.32 Å². The number of pyridine rings is 1. The topological polar surface area (TPSA) is 60.5 Å². The van der Waals surface area contributed by atoms with Gasteiger partial charge in [-0.2, -0.15) is 0 Å². The van der Waals surface area contributed by atoms with Crippen molar-refractivity contribution in [2.75, 3.05) is 13.2 Å². The van der Waals surface area contributed by atoms with Gasteiger partial charge in [0.25, 0.3) is 0 Å². The molecule has 2 fully saturated rings. The van der Waals surface area contributed by atoms with E-state index in [0.29, 0.717) is 13.2 Å². The Morgan fingerprint density at radius 1 is 1.43 bits per heavy atom. The normalized spacial score (nSPS) is 30.7. The largest absolute Gasteiger partial charge is 0.444 e. The third-order valence-electron chi connectivity index (χ3n) is 4.00. The van der Waals surface area contributed by atoms with Gasteiger partial charge < -0.3 is 14.8 Å². The van der Waals surface area contributed by atoms with Gasteiger partial charge in [0, 0.05) is 22.5 Å². The van der Waals surface area contributed by atoms with Crippen molar-refractivity contribution in [3.05, 3.63) is 28.5 Å². The molecule has 1 amide bonds. The lowest BCUT2D eigenvalue weighted by Gasteiger charge is -2.26. The molecule has 3 atom stereocenters. The second-order valence-corrected chi connectivity index (χ2v) is 7.52. The van der Waals surface area contributed by atoms with E-state index in [-0.39, 0.29) is 11.8 Å². The number of aromatic nitrogens is 1. The predicted molar refractivity (Wildman–Crippen MR) is 80.8 cm³/mol. The minimum atomic E-state index is -0.515. The van der Waals surface area contributed by atoms with Crippen LogP contribution in [0.1, 0.15) is 26.5 Å². The molecule has 5 nitrogen and oxygen atoms in total. The van der Waals surface area contributed by atoms with Crippen LogP contribution in [0.5, 0.6) is 0 Å². The van der Waals surface area contributed by atoms with E-state index in [1.165, 1.54) is 0 Å². The van der Waals surface area contributed by atoms with E-state index in [2.05, 4.69) is 26.2 Å². The molecular formula is C15H19BrN2O3. The Bertz CT molecular complexity index is 543. The number of alkyl carbamates (subject to hydrolysis) is 1. The van der Waals surface area contributed by atoms with Crippen LogP contribution in [0, 0.1) is 11.8 Å². The van der Waals surface area contributed by atoms with Gasteiger partial charge in [0.15, 0.2) is 0 Å². The van der Waals surface area contributed by atoms with Crippen LogP contribution in [-0.4, -0.2) is 29.9 Å². The molecule has 0 unspecified atom stereocenters. The lowest BCUT2D eigenvalue weighted by Crippen LogP contribution is -2.43. The van der Waals surface area contributed by atoms with Gasteiger partial charge in [-0.3, -0.25) is 4.98 Å². The second kappa shape index (κ2) is 4.95. The highest BCUT2D eigenvalue weighted by molar-refractivity contribution is 9.10. The molecule has 114 valence electrons. The summed E-state index contributed by atoms with van der Waals surface area (Å²) in [6.45, 7) is 6.87. The Balaban J connectivity index is 1.83. The Morgan fingerprint density at radius 3 is 2.62 bits per heavy atom. The van der Waals surface area contributed by atoms with Gasteiger partial charge in [0.1, 0.15) is 5.60 Å². The van der Waals surface area contributed by atoms with E-state index in [4.69, 9.17) is 9.47 Å². The fourth-order valence-electron chi connectivity index (χ4n) is 3.08. The van der Waals surface area contributed by atoms with Crippen LogP contribution in [0.3, 0.4) is 0 Å². The number of hydrogen-bond acceptors (Lipinski definition) is 4. The first-order valence-electron chi connectivity index (χ1n) is 7.04. The van der Waals surface area contributed by atoms with Crippen LogP contribution in [0.2, 0.25) is 0 Å². The van der Waals surface area contributed by atoms with Gasteiger partial charge in [-0.25, -0.2) is 4.79 Å². The first-order valence-corrected chi connectivity index (χ1v) is 7.83. The lowest BCUT2D eigenvalue weighted by molar-refractivity contribution is 0.0447. The standard InChI is InChI=1S/C15H19BrN2O3/c1-14(2,3)21-13(19)18-15(10-7-20-8-11(10)15)12-5-4-9(16)6-17-12/h4-6,10-11H,7-8H2,1-3H3,(H,18,19)/t10-,11+,15-. The van der Waals surface area contributed by atoms with E-state index in [1.807, 2.05) is 32.9 Å². The second-order valence-electron chi connectivity index (χ2n) is 6.61. The summed E-state index contributed by atoms with van der Waals surface area (Å²) in [6, 6.07) is 3.88. The number of nitrogens with one attached hydrogen (secondary N) is 1. The van der Waals surface area contributed by atoms with Crippen LogP contribution in [-0.2, 0) is 15.0 Å². The van der Waals surface area contributed by atoms with Gasteiger partial charge in [-0.1, -0.05) is 0 Å². The molecule has 6 heteroatoms. The van der Waals surface area contributed by atoms with Gasteiger partial charge in [-0.15, -0.1) is 0 Å². The zero-order valence-corrected chi connectivity index (χ0v) is 13.9. The van der Waals surface area contributed by atoms with Gasteiger partial charge in [0.05, 0.1) is 24.4 Å². The summed E-state index contributed by atoms with van der Waals surface area (Å²) < 4.78 is 11.8. The molecular weight excluding hydrogens is 336 g/mol. The van der Waals surface area contributed by atoms with Crippen molar-refractivity contribution in [2.45, 2.75) is 31.9 Å². The van der Waals surface area contributed by atoms with Crippen LogP contribution in [0.4, 0.5) is 4.79 Å². The van der Waals surface area contributed by atoms with E-state index in [9.17, 15) is 4.79 Å². The Kier molecular flexibility index (Phi) is 3.48. The molecule has 0 radical (unpaired) electrons. The molecule has 3 rings (SSSR count). The van der Waals surface area contributed by atoms with Crippen molar-refractivity contribution >= 4 is 22.0 Å². The maximum absolute atomic E-state index is 12.2. The summed E-state index contributed by atoms with van der Waals surface area (Å²) in [5, 5.41) is 3.04. The summed E-state index contributed by atoms with van der Waals surface area (Å²) in [4.78, 5) is 16.6. The molecule has 21 heavy (non-hydrogen) atoms. The Labute approximate surface area is 132 Å². The molecule has 2 heterocycles. The first-order chi connectivity index (χ1) is 9.83. The molecule has 1 N–H and O–H groups in total. The third kappa shape index (κ3) is 2.66. The summed E-state index contributed by atoms with van der Waals surface area (Å²) in [5.41, 5.74) is -0.0879. The zero-order valence-electron chi connectivity index (χ0n) is 12.4. The summed E-state index contributed by atoms with van der Waals surface area (Å²) in [6.07, 6.45) is 1.35. The maximum Gasteiger partial charge on any atom is 0.408 e. The number of carbonyl (C=O) groups excluding carboxylic acids is 1. The molecule has 2 aliphatic rings. The number of fused-ring (bicyclic) bond motifs is 1. The minimum Gasteiger partial charge on any atom is -0.444 e. The Morgan fingerprint density at radius 2 is 2.10 bits per heavy atom. The minimum absolute atomic E-state index is 0.277. The van der Waals surface area contributed by atoms with Gasteiger partial charge in [0.2, 0.25) is 0 Å². The molecule has 1 saturated carbocycles. The van der Waals surface area contributed by atoms with Crippen molar-refractivity contribution in [3.63, 3.8) is 0 Å².